The Labute approximate surface area is 117 Å². The quantitative estimate of drug-likeness (QED) is 0.664. The van der Waals surface area contributed by atoms with Crippen LogP contribution in [0.5, 0.6) is 0 Å². The minimum atomic E-state index is -0.526. The summed E-state index contributed by atoms with van der Waals surface area (Å²) in [5, 5.41) is 20.8. The zero-order valence-electron chi connectivity index (χ0n) is 11.3. The fourth-order valence-corrected chi connectivity index (χ4v) is 2.21. The number of aliphatic hydroxyl groups is 1. The second-order valence-electron chi connectivity index (χ2n) is 4.91. The molecule has 2 aromatic carbocycles. The number of rotatable bonds is 5. The normalized spacial score (nSPS) is 13.7. The van der Waals surface area contributed by atoms with E-state index in [-0.39, 0.29) is 11.6 Å². The van der Waals surface area contributed by atoms with Gasteiger partial charge in [-0.2, -0.15) is 0 Å². The molecule has 0 radical (unpaired) electrons. The monoisotopic (exact) mass is 271 g/mol. The molecule has 104 valence electrons. The van der Waals surface area contributed by atoms with Crippen molar-refractivity contribution in [1.82, 2.24) is 0 Å². The second kappa shape index (κ2) is 6.30. The standard InChI is InChI=1S/C16H17NO3/c1-12(11-16(18)14-5-3-2-4-6-14)13-7-9-15(10-8-13)17(19)20/h2-10,12,16,18H,11H2,1H3/t12?,16-/m1/s1. The van der Waals surface area contributed by atoms with Crippen LogP contribution in [0.1, 0.15) is 36.5 Å². The maximum Gasteiger partial charge on any atom is 0.269 e. The van der Waals surface area contributed by atoms with Gasteiger partial charge >= 0.3 is 0 Å². The molecule has 0 saturated carbocycles. The Kier molecular flexibility index (Phi) is 4.48. The Bertz CT molecular complexity index is 566. The molecule has 0 spiro atoms. The molecule has 0 amide bonds. The summed E-state index contributed by atoms with van der Waals surface area (Å²) in [5.41, 5.74) is 1.97. The van der Waals surface area contributed by atoms with Crippen LogP contribution in [0, 0.1) is 10.1 Å². The number of benzene rings is 2. The second-order valence-corrected chi connectivity index (χ2v) is 4.91. The summed E-state index contributed by atoms with van der Waals surface area (Å²) in [4.78, 5) is 10.2. The van der Waals surface area contributed by atoms with Crippen molar-refractivity contribution in [3.05, 3.63) is 75.8 Å². The first-order valence-corrected chi connectivity index (χ1v) is 6.55. The smallest absolute Gasteiger partial charge is 0.269 e. The van der Waals surface area contributed by atoms with Gasteiger partial charge < -0.3 is 5.11 Å². The van der Waals surface area contributed by atoms with E-state index >= 15 is 0 Å². The average molecular weight is 271 g/mol. The Morgan fingerprint density at radius 1 is 1.05 bits per heavy atom. The summed E-state index contributed by atoms with van der Waals surface area (Å²) in [6.07, 6.45) is 0.0587. The molecule has 0 aromatic heterocycles. The molecule has 2 aromatic rings. The van der Waals surface area contributed by atoms with E-state index in [9.17, 15) is 15.2 Å². The van der Waals surface area contributed by atoms with Crippen molar-refractivity contribution in [2.45, 2.75) is 25.4 Å². The van der Waals surface area contributed by atoms with E-state index in [1.165, 1.54) is 12.1 Å². The van der Waals surface area contributed by atoms with Gasteiger partial charge in [0, 0.05) is 12.1 Å². The molecule has 4 nitrogen and oxygen atoms in total. The molecule has 1 N–H and O–H groups in total. The number of nitro groups is 1. The topological polar surface area (TPSA) is 63.4 Å². The average Bonchev–Trinajstić information content (AvgIpc) is 2.48. The summed E-state index contributed by atoms with van der Waals surface area (Å²) >= 11 is 0. The molecular weight excluding hydrogens is 254 g/mol. The number of non-ortho nitro benzene ring substituents is 1. The minimum absolute atomic E-state index is 0.0876. The van der Waals surface area contributed by atoms with Gasteiger partial charge in [0.25, 0.3) is 5.69 Å². The summed E-state index contributed by atoms with van der Waals surface area (Å²) in [5.74, 6) is 0.131. The van der Waals surface area contributed by atoms with Crippen molar-refractivity contribution in [1.29, 1.82) is 0 Å². The number of aliphatic hydroxyl groups excluding tert-OH is 1. The Hall–Kier alpha value is -2.20. The number of hydrogen-bond acceptors (Lipinski definition) is 3. The molecular formula is C16H17NO3. The van der Waals surface area contributed by atoms with Crippen molar-refractivity contribution < 1.29 is 10.0 Å². The molecule has 4 heteroatoms. The fraction of sp³-hybridized carbons (Fsp3) is 0.250. The van der Waals surface area contributed by atoms with Crippen LogP contribution < -0.4 is 0 Å². The van der Waals surface area contributed by atoms with Gasteiger partial charge in [-0.05, 0) is 23.5 Å². The number of nitrogens with zero attached hydrogens (tertiary/aromatic N) is 1. The van der Waals surface area contributed by atoms with Crippen LogP contribution in [0.4, 0.5) is 5.69 Å². The maximum atomic E-state index is 10.6. The Morgan fingerprint density at radius 2 is 1.65 bits per heavy atom. The van der Waals surface area contributed by atoms with Crippen LogP contribution in [0.3, 0.4) is 0 Å². The van der Waals surface area contributed by atoms with Gasteiger partial charge in [0.1, 0.15) is 0 Å². The zero-order valence-corrected chi connectivity index (χ0v) is 11.3. The van der Waals surface area contributed by atoms with Gasteiger partial charge in [0.15, 0.2) is 0 Å². The van der Waals surface area contributed by atoms with E-state index in [0.29, 0.717) is 6.42 Å². The third-order valence-electron chi connectivity index (χ3n) is 3.43. The lowest BCUT2D eigenvalue weighted by Crippen LogP contribution is -2.03. The Balaban J connectivity index is 2.04. The predicted octanol–water partition coefficient (Wildman–Crippen LogP) is 3.82. The van der Waals surface area contributed by atoms with Crippen molar-refractivity contribution in [3.8, 4) is 0 Å². The van der Waals surface area contributed by atoms with Crippen LogP contribution in [0.15, 0.2) is 54.6 Å². The highest BCUT2D eigenvalue weighted by Crippen LogP contribution is 2.28. The van der Waals surface area contributed by atoms with Gasteiger partial charge in [-0.15, -0.1) is 0 Å². The van der Waals surface area contributed by atoms with Crippen molar-refractivity contribution in [3.63, 3.8) is 0 Å². The van der Waals surface area contributed by atoms with Crippen molar-refractivity contribution in [2.24, 2.45) is 0 Å². The van der Waals surface area contributed by atoms with Crippen LogP contribution >= 0.6 is 0 Å². The van der Waals surface area contributed by atoms with Crippen LogP contribution in [0.25, 0.3) is 0 Å². The van der Waals surface area contributed by atoms with Crippen molar-refractivity contribution >= 4 is 5.69 Å². The first kappa shape index (κ1) is 14.2. The highest BCUT2D eigenvalue weighted by Gasteiger charge is 2.14. The van der Waals surface area contributed by atoms with Crippen LogP contribution in [-0.4, -0.2) is 10.0 Å². The van der Waals surface area contributed by atoms with Gasteiger partial charge in [-0.3, -0.25) is 10.1 Å². The molecule has 0 aliphatic carbocycles. The fourth-order valence-electron chi connectivity index (χ4n) is 2.21. The van der Waals surface area contributed by atoms with Crippen LogP contribution in [-0.2, 0) is 0 Å². The summed E-state index contributed by atoms with van der Waals surface area (Å²) in [7, 11) is 0. The van der Waals surface area contributed by atoms with Gasteiger partial charge in [-0.1, -0.05) is 49.4 Å². The number of nitro benzene ring substituents is 1. The summed E-state index contributed by atoms with van der Waals surface area (Å²) in [6.45, 7) is 2.01. The molecule has 0 saturated heterocycles. The van der Waals surface area contributed by atoms with Gasteiger partial charge in [0.05, 0.1) is 11.0 Å². The lowest BCUT2D eigenvalue weighted by atomic mass is 9.92. The molecule has 0 aliphatic rings. The van der Waals surface area contributed by atoms with Gasteiger partial charge in [-0.25, -0.2) is 0 Å². The van der Waals surface area contributed by atoms with E-state index in [1.54, 1.807) is 12.1 Å². The molecule has 2 atom stereocenters. The highest BCUT2D eigenvalue weighted by molar-refractivity contribution is 5.34. The molecule has 20 heavy (non-hydrogen) atoms. The first-order chi connectivity index (χ1) is 9.58. The predicted molar refractivity (Wildman–Crippen MR) is 77.5 cm³/mol. The third-order valence-corrected chi connectivity index (χ3v) is 3.43. The lowest BCUT2D eigenvalue weighted by molar-refractivity contribution is -0.384. The Morgan fingerprint density at radius 3 is 2.20 bits per heavy atom. The summed E-state index contributed by atoms with van der Waals surface area (Å²) in [6, 6.07) is 16.0. The largest absolute Gasteiger partial charge is 0.388 e. The van der Waals surface area contributed by atoms with E-state index < -0.39 is 11.0 Å². The van der Waals surface area contributed by atoms with E-state index in [4.69, 9.17) is 0 Å². The highest BCUT2D eigenvalue weighted by atomic mass is 16.6. The van der Waals surface area contributed by atoms with Crippen molar-refractivity contribution in [2.75, 3.05) is 0 Å². The molecule has 0 aliphatic heterocycles. The number of hydrogen-bond donors (Lipinski definition) is 1. The SMILES string of the molecule is CC(C[C@@H](O)c1ccccc1)c1ccc([N+](=O)[O-])cc1. The van der Waals surface area contributed by atoms with E-state index in [0.717, 1.165) is 11.1 Å². The summed E-state index contributed by atoms with van der Waals surface area (Å²) < 4.78 is 0. The zero-order chi connectivity index (χ0) is 14.5. The third kappa shape index (κ3) is 3.42. The minimum Gasteiger partial charge on any atom is -0.388 e. The maximum absolute atomic E-state index is 10.6. The van der Waals surface area contributed by atoms with E-state index in [2.05, 4.69) is 0 Å². The molecule has 1 unspecified atom stereocenters. The molecule has 0 bridgehead atoms. The van der Waals surface area contributed by atoms with Crippen LogP contribution in [0.2, 0.25) is 0 Å². The lowest BCUT2D eigenvalue weighted by Gasteiger charge is -2.17. The first-order valence-electron chi connectivity index (χ1n) is 6.55. The molecule has 2 rings (SSSR count). The molecule has 0 fully saturated rings. The van der Waals surface area contributed by atoms with Gasteiger partial charge in [0.2, 0.25) is 0 Å². The molecule has 0 heterocycles. The van der Waals surface area contributed by atoms with E-state index in [1.807, 2.05) is 37.3 Å².